The molecule has 1 fully saturated rings. The highest BCUT2D eigenvalue weighted by Crippen LogP contribution is 2.26. The fourth-order valence-corrected chi connectivity index (χ4v) is 2.11. The van der Waals surface area contributed by atoms with Crippen molar-refractivity contribution in [1.29, 1.82) is 0 Å². The summed E-state index contributed by atoms with van der Waals surface area (Å²) in [4.78, 5) is 38.7. The lowest BCUT2D eigenvalue weighted by Gasteiger charge is -2.24. The van der Waals surface area contributed by atoms with Gasteiger partial charge in [-0.1, -0.05) is 0 Å². The molecule has 1 unspecified atom stereocenters. The minimum atomic E-state index is -0.728. The summed E-state index contributed by atoms with van der Waals surface area (Å²) in [5, 5.41) is 0. The van der Waals surface area contributed by atoms with Gasteiger partial charge in [0.1, 0.15) is 11.4 Å². The maximum atomic E-state index is 11.8. The highest BCUT2D eigenvalue weighted by Gasteiger charge is 2.32. The Bertz CT molecular complexity index is 436. The van der Waals surface area contributed by atoms with Crippen molar-refractivity contribution in [2.24, 2.45) is 16.8 Å². The van der Waals surface area contributed by atoms with Crippen LogP contribution < -0.4 is 0 Å². The number of rotatable bonds is 3. The van der Waals surface area contributed by atoms with Gasteiger partial charge >= 0.3 is 12.1 Å². The zero-order valence-electron chi connectivity index (χ0n) is 13.0. The lowest BCUT2D eigenvalue weighted by atomic mass is 9.81. The number of nitrogens with zero attached hydrogens (tertiary/aromatic N) is 1. The predicted octanol–water partition coefficient (Wildman–Crippen LogP) is 2.54. The lowest BCUT2D eigenvalue weighted by Crippen LogP contribution is -2.31. The second kappa shape index (κ2) is 7.33. The van der Waals surface area contributed by atoms with Crippen molar-refractivity contribution in [2.45, 2.75) is 52.6 Å². The number of ketones is 1. The van der Waals surface area contributed by atoms with Crippen LogP contribution in [0.5, 0.6) is 0 Å². The molecule has 6 nitrogen and oxygen atoms in total. The molecule has 1 saturated carbocycles. The summed E-state index contributed by atoms with van der Waals surface area (Å²) >= 11 is 0. The van der Waals surface area contributed by atoms with Crippen LogP contribution in [0.3, 0.4) is 0 Å². The number of hydrogen-bond donors (Lipinski definition) is 0. The van der Waals surface area contributed by atoms with Crippen molar-refractivity contribution < 1.29 is 23.9 Å². The number of amides is 1. The van der Waals surface area contributed by atoms with Gasteiger partial charge < -0.3 is 9.47 Å². The first-order chi connectivity index (χ1) is 9.73. The van der Waals surface area contributed by atoms with E-state index >= 15 is 0 Å². The molecule has 0 saturated heterocycles. The molecule has 0 spiro atoms. The van der Waals surface area contributed by atoms with Crippen LogP contribution >= 0.6 is 0 Å². The largest absolute Gasteiger partial charge is 0.466 e. The fourth-order valence-electron chi connectivity index (χ4n) is 2.11. The van der Waals surface area contributed by atoms with E-state index in [0.717, 1.165) is 0 Å². The molecule has 21 heavy (non-hydrogen) atoms. The number of aliphatic imine (C=N–C) groups is 1. The third-order valence-electron chi connectivity index (χ3n) is 3.06. The van der Waals surface area contributed by atoms with Crippen LogP contribution in [-0.4, -0.2) is 36.3 Å². The molecule has 1 amide bonds. The molecule has 1 rings (SSSR count). The minimum absolute atomic E-state index is 0.0112. The summed E-state index contributed by atoms with van der Waals surface area (Å²) < 4.78 is 10.0. The van der Waals surface area contributed by atoms with Crippen LogP contribution in [0, 0.1) is 11.8 Å². The molecule has 0 aliphatic heterocycles. The Hall–Kier alpha value is -1.72. The summed E-state index contributed by atoms with van der Waals surface area (Å²) in [5.74, 6) is -1.14. The van der Waals surface area contributed by atoms with Gasteiger partial charge in [-0.2, -0.15) is 4.99 Å². The Labute approximate surface area is 124 Å². The van der Waals surface area contributed by atoms with Crippen molar-refractivity contribution in [3.63, 3.8) is 0 Å². The first-order valence-corrected chi connectivity index (χ1v) is 7.19. The monoisotopic (exact) mass is 297 g/mol. The normalized spacial score (nSPS) is 23.1. The van der Waals surface area contributed by atoms with E-state index in [1.54, 1.807) is 27.7 Å². The number of carbonyl (C=O) groups is 3. The number of ether oxygens (including phenoxy) is 2. The zero-order chi connectivity index (χ0) is 16.0. The smallest absolute Gasteiger partial charge is 0.433 e. The topological polar surface area (TPSA) is 82.0 Å². The average Bonchev–Trinajstić information content (AvgIpc) is 2.36. The third kappa shape index (κ3) is 6.06. The summed E-state index contributed by atoms with van der Waals surface area (Å²) in [6.07, 6.45) is 1.70. The van der Waals surface area contributed by atoms with Crippen molar-refractivity contribution in [3.8, 4) is 0 Å². The first kappa shape index (κ1) is 17.3. The number of hydrogen-bond acceptors (Lipinski definition) is 5. The van der Waals surface area contributed by atoms with E-state index in [1.165, 1.54) is 6.21 Å². The Balaban J connectivity index is 2.61. The van der Waals surface area contributed by atoms with Crippen LogP contribution in [0.2, 0.25) is 0 Å². The summed E-state index contributed by atoms with van der Waals surface area (Å²) in [5.41, 5.74) is -0.627. The lowest BCUT2D eigenvalue weighted by molar-refractivity contribution is -0.150. The molecule has 1 aliphatic carbocycles. The van der Waals surface area contributed by atoms with Crippen molar-refractivity contribution in [2.75, 3.05) is 6.61 Å². The average molecular weight is 297 g/mol. The highest BCUT2D eigenvalue weighted by atomic mass is 16.6. The van der Waals surface area contributed by atoms with Gasteiger partial charge in [-0.15, -0.1) is 0 Å². The molecular weight excluding hydrogens is 274 g/mol. The molecule has 0 aromatic carbocycles. The van der Waals surface area contributed by atoms with E-state index in [4.69, 9.17) is 9.47 Å². The Morgan fingerprint density at radius 2 is 2.05 bits per heavy atom. The summed E-state index contributed by atoms with van der Waals surface area (Å²) in [6, 6.07) is 0. The summed E-state index contributed by atoms with van der Waals surface area (Å²) in [6.45, 7) is 7.28. The van der Waals surface area contributed by atoms with Crippen molar-refractivity contribution in [3.05, 3.63) is 0 Å². The molecule has 0 aromatic rings. The van der Waals surface area contributed by atoms with Crippen LogP contribution in [0.25, 0.3) is 0 Å². The number of Topliss-reactive ketones (excluding diaryl/α,β-unsaturated/α-hetero) is 1. The first-order valence-electron chi connectivity index (χ1n) is 7.19. The van der Waals surface area contributed by atoms with Gasteiger partial charge in [-0.05, 0) is 40.5 Å². The van der Waals surface area contributed by atoms with Gasteiger partial charge in [0.2, 0.25) is 0 Å². The molecule has 0 heterocycles. The predicted molar refractivity (Wildman–Crippen MR) is 77.2 cm³/mol. The van der Waals surface area contributed by atoms with Gasteiger partial charge in [-0.25, -0.2) is 4.79 Å². The van der Waals surface area contributed by atoms with E-state index in [9.17, 15) is 14.4 Å². The molecular formula is C15H23NO5. The van der Waals surface area contributed by atoms with Crippen LogP contribution in [-0.2, 0) is 19.1 Å². The molecule has 2 atom stereocenters. The van der Waals surface area contributed by atoms with E-state index < -0.39 is 17.6 Å². The van der Waals surface area contributed by atoms with E-state index in [-0.39, 0.29) is 17.7 Å². The molecule has 0 radical (unpaired) electrons. The number of esters is 1. The van der Waals surface area contributed by atoms with Gasteiger partial charge in [0.25, 0.3) is 0 Å². The molecule has 6 heteroatoms. The van der Waals surface area contributed by atoms with Crippen LogP contribution in [0.4, 0.5) is 4.79 Å². The van der Waals surface area contributed by atoms with Gasteiger partial charge in [0.05, 0.1) is 18.4 Å². The van der Waals surface area contributed by atoms with E-state index in [0.29, 0.717) is 25.9 Å². The molecule has 118 valence electrons. The van der Waals surface area contributed by atoms with E-state index in [1.807, 2.05) is 0 Å². The van der Waals surface area contributed by atoms with E-state index in [2.05, 4.69) is 4.99 Å². The second-order valence-electron chi connectivity index (χ2n) is 6.05. The third-order valence-corrected chi connectivity index (χ3v) is 3.06. The van der Waals surface area contributed by atoms with Gasteiger partial charge in [-0.3, -0.25) is 9.59 Å². The maximum absolute atomic E-state index is 11.8. The minimum Gasteiger partial charge on any atom is -0.466 e. The maximum Gasteiger partial charge on any atom is 0.433 e. The Morgan fingerprint density at radius 3 is 2.62 bits per heavy atom. The van der Waals surface area contributed by atoms with Crippen LogP contribution in [0.15, 0.2) is 4.99 Å². The van der Waals surface area contributed by atoms with Crippen molar-refractivity contribution in [1.82, 2.24) is 0 Å². The Morgan fingerprint density at radius 1 is 1.38 bits per heavy atom. The fraction of sp³-hybridized carbons (Fsp3) is 0.733. The Kier molecular flexibility index (Phi) is 6.05. The SMILES string of the molecule is CCOC(=O)[C@@H]1CCC(=O)C(/C=N/C(=O)OC(C)(C)C)C1. The van der Waals surface area contributed by atoms with Crippen molar-refractivity contribution >= 4 is 24.1 Å². The summed E-state index contributed by atoms with van der Waals surface area (Å²) in [7, 11) is 0. The zero-order valence-corrected chi connectivity index (χ0v) is 13.0. The van der Waals surface area contributed by atoms with Gasteiger partial charge in [0.15, 0.2) is 0 Å². The number of carbonyl (C=O) groups excluding carboxylic acids is 3. The quantitative estimate of drug-likeness (QED) is 0.590. The van der Waals surface area contributed by atoms with Gasteiger partial charge in [0, 0.05) is 12.6 Å². The standard InChI is InChI=1S/C15H23NO5/c1-5-20-13(18)10-6-7-12(17)11(8-10)9-16-14(19)21-15(2,3)4/h9-11H,5-8H2,1-4H3/b16-9+/t10-,11?/m1/s1. The molecule has 0 bridgehead atoms. The molecule has 0 aromatic heterocycles. The second-order valence-corrected chi connectivity index (χ2v) is 6.05. The highest BCUT2D eigenvalue weighted by molar-refractivity contribution is 5.98. The molecule has 1 aliphatic rings. The molecule has 0 N–H and O–H groups in total. The van der Waals surface area contributed by atoms with Crippen LogP contribution in [0.1, 0.15) is 47.0 Å².